The van der Waals surface area contributed by atoms with E-state index in [-0.39, 0.29) is 23.2 Å². The number of aliphatic carboxylic acids is 1. The van der Waals surface area contributed by atoms with Crippen LogP contribution in [0.4, 0.5) is 16.2 Å². The Balaban J connectivity index is 1.92. The van der Waals surface area contributed by atoms with E-state index in [9.17, 15) is 19.5 Å². The standard InChI is InChI=1S/C30H32N4O5/c1-17(2)21-11-7-12-22(18(3)4)26(21)32-30(38)33-27-25(19-9-6-10-20(15-19)39-5)23-13-8-14-31-28(23)34(29(27)37)16-24(35)36/h6-15,17-18H,16H2,1-5H3,(H,35,36)(H2,32,33,38). The number of ether oxygens (including phenoxy) is 1. The summed E-state index contributed by atoms with van der Waals surface area (Å²) < 4.78 is 6.44. The van der Waals surface area contributed by atoms with Crippen LogP contribution in [-0.4, -0.2) is 33.8 Å². The number of benzene rings is 2. The number of fused-ring (bicyclic) bond motifs is 1. The van der Waals surface area contributed by atoms with E-state index in [2.05, 4.69) is 15.6 Å². The highest BCUT2D eigenvalue weighted by molar-refractivity contribution is 6.08. The highest BCUT2D eigenvalue weighted by Crippen LogP contribution is 2.36. The summed E-state index contributed by atoms with van der Waals surface area (Å²) in [7, 11) is 1.54. The largest absolute Gasteiger partial charge is 0.497 e. The van der Waals surface area contributed by atoms with Gasteiger partial charge in [0.05, 0.1) is 7.11 Å². The van der Waals surface area contributed by atoms with Gasteiger partial charge in [-0.3, -0.25) is 14.2 Å². The maximum absolute atomic E-state index is 13.8. The molecule has 9 heteroatoms. The topological polar surface area (TPSA) is 123 Å². The average molecular weight is 529 g/mol. The molecular weight excluding hydrogens is 496 g/mol. The number of aromatic nitrogens is 2. The van der Waals surface area contributed by atoms with Gasteiger partial charge in [0.25, 0.3) is 5.56 Å². The number of hydrogen-bond donors (Lipinski definition) is 3. The molecule has 0 unspecified atom stereocenters. The molecular formula is C30H32N4O5. The second-order valence-corrected chi connectivity index (χ2v) is 9.84. The summed E-state index contributed by atoms with van der Waals surface area (Å²) in [5.74, 6) is -0.361. The monoisotopic (exact) mass is 528 g/mol. The molecule has 2 heterocycles. The third kappa shape index (κ3) is 5.62. The van der Waals surface area contributed by atoms with E-state index in [0.29, 0.717) is 28.0 Å². The molecule has 0 aliphatic heterocycles. The van der Waals surface area contributed by atoms with Crippen LogP contribution < -0.4 is 20.9 Å². The van der Waals surface area contributed by atoms with Crippen LogP contribution in [0.15, 0.2) is 65.6 Å². The minimum Gasteiger partial charge on any atom is -0.497 e. The summed E-state index contributed by atoms with van der Waals surface area (Å²) in [5, 5.41) is 15.8. The highest BCUT2D eigenvalue weighted by atomic mass is 16.5. The van der Waals surface area contributed by atoms with E-state index >= 15 is 0 Å². The van der Waals surface area contributed by atoms with Gasteiger partial charge in [-0.2, -0.15) is 0 Å². The Hall–Kier alpha value is -4.66. The van der Waals surface area contributed by atoms with Crippen LogP contribution in [0.25, 0.3) is 22.2 Å². The lowest BCUT2D eigenvalue weighted by Crippen LogP contribution is -2.31. The van der Waals surface area contributed by atoms with Crippen molar-refractivity contribution in [2.45, 2.75) is 46.1 Å². The van der Waals surface area contributed by atoms with Gasteiger partial charge in [-0.25, -0.2) is 9.78 Å². The van der Waals surface area contributed by atoms with E-state index in [1.165, 1.54) is 13.3 Å². The van der Waals surface area contributed by atoms with Crippen molar-refractivity contribution in [3.8, 4) is 16.9 Å². The third-order valence-corrected chi connectivity index (χ3v) is 6.52. The Kier molecular flexibility index (Phi) is 7.99. The summed E-state index contributed by atoms with van der Waals surface area (Å²) in [6.07, 6.45) is 1.49. The van der Waals surface area contributed by atoms with Crippen molar-refractivity contribution in [1.82, 2.24) is 9.55 Å². The van der Waals surface area contributed by atoms with Crippen LogP contribution in [0.5, 0.6) is 5.75 Å². The molecule has 2 aromatic heterocycles. The molecule has 4 rings (SSSR count). The number of urea groups is 1. The average Bonchev–Trinajstić information content (AvgIpc) is 2.90. The molecule has 0 atom stereocenters. The predicted octanol–water partition coefficient (Wildman–Crippen LogP) is 6.05. The van der Waals surface area contributed by atoms with Gasteiger partial charge in [-0.1, -0.05) is 58.0 Å². The second kappa shape index (κ2) is 11.4. The zero-order valence-corrected chi connectivity index (χ0v) is 22.6. The van der Waals surface area contributed by atoms with Crippen molar-refractivity contribution < 1.29 is 19.4 Å². The lowest BCUT2D eigenvalue weighted by atomic mass is 9.93. The molecule has 0 aliphatic carbocycles. The summed E-state index contributed by atoms with van der Waals surface area (Å²) >= 11 is 0. The molecule has 0 bridgehead atoms. The number of nitrogens with zero attached hydrogens (tertiary/aromatic N) is 2. The lowest BCUT2D eigenvalue weighted by Gasteiger charge is -2.21. The van der Waals surface area contributed by atoms with Crippen molar-refractivity contribution in [2.75, 3.05) is 17.7 Å². The van der Waals surface area contributed by atoms with E-state index in [1.54, 1.807) is 36.4 Å². The molecule has 0 saturated carbocycles. The smallest absolute Gasteiger partial charge is 0.323 e. The number of carbonyl (C=O) groups excluding carboxylic acids is 1. The molecule has 39 heavy (non-hydrogen) atoms. The van der Waals surface area contributed by atoms with Crippen LogP contribution in [0.2, 0.25) is 0 Å². The first kappa shape index (κ1) is 27.4. The molecule has 0 saturated heterocycles. The SMILES string of the molecule is COc1cccc(-c2c(NC(=O)Nc3c(C(C)C)cccc3C(C)C)c(=O)n(CC(=O)O)c3ncccc23)c1. The first-order valence-electron chi connectivity index (χ1n) is 12.7. The zero-order chi connectivity index (χ0) is 28.3. The molecule has 0 fully saturated rings. The number of rotatable bonds is 8. The quantitative estimate of drug-likeness (QED) is 0.256. The Morgan fingerprint density at radius 3 is 2.21 bits per heavy atom. The van der Waals surface area contributed by atoms with Crippen molar-refractivity contribution >= 4 is 34.4 Å². The third-order valence-electron chi connectivity index (χ3n) is 6.52. The number of amides is 2. The molecule has 2 aromatic carbocycles. The number of pyridine rings is 2. The van der Waals surface area contributed by atoms with Gasteiger partial charge < -0.3 is 20.5 Å². The van der Waals surface area contributed by atoms with Crippen molar-refractivity contribution in [1.29, 1.82) is 0 Å². The number of methoxy groups -OCH3 is 1. The van der Waals surface area contributed by atoms with Crippen molar-refractivity contribution in [3.05, 3.63) is 82.3 Å². The summed E-state index contributed by atoms with van der Waals surface area (Å²) in [6, 6.07) is 15.8. The Morgan fingerprint density at radius 1 is 0.949 bits per heavy atom. The zero-order valence-electron chi connectivity index (χ0n) is 22.6. The number of nitrogens with one attached hydrogen (secondary N) is 2. The van der Waals surface area contributed by atoms with Gasteiger partial charge >= 0.3 is 12.0 Å². The summed E-state index contributed by atoms with van der Waals surface area (Å²) in [4.78, 5) is 43.3. The molecule has 3 N–H and O–H groups in total. The van der Waals surface area contributed by atoms with Crippen molar-refractivity contribution in [2.24, 2.45) is 0 Å². The van der Waals surface area contributed by atoms with Gasteiger partial charge in [0, 0.05) is 22.8 Å². The number of hydrogen-bond acceptors (Lipinski definition) is 5. The van der Waals surface area contributed by atoms with Crippen LogP contribution in [0, 0.1) is 0 Å². The second-order valence-electron chi connectivity index (χ2n) is 9.84. The number of carboxylic acid groups (broad SMARTS) is 1. The number of anilines is 2. The fraction of sp³-hybridized carbons (Fsp3) is 0.267. The molecule has 9 nitrogen and oxygen atoms in total. The molecule has 202 valence electrons. The van der Waals surface area contributed by atoms with E-state index < -0.39 is 24.1 Å². The van der Waals surface area contributed by atoms with Crippen molar-refractivity contribution in [3.63, 3.8) is 0 Å². The van der Waals surface area contributed by atoms with Gasteiger partial charge in [0.15, 0.2) is 0 Å². The summed E-state index contributed by atoms with van der Waals surface area (Å²) in [5.41, 5.74) is 3.10. The molecule has 4 aromatic rings. The van der Waals surface area contributed by atoms with Crippen LogP contribution in [0.1, 0.15) is 50.7 Å². The highest BCUT2D eigenvalue weighted by Gasteiger charge is 2.23. The Bertz CT molecular complexity index is 1580. The Labute approximate surface area is 226 Å². The van der Waals surface area contributed by atoms with Crippen LogP contribution in [0.3, 0.4) is 0 Å². The fourth-order valence-electron chi connectivity index (χ4n) is 4.71. The maximum Gasteiger partial charge on any atom is 0.323 e. The van der Waals surface area contributed by atoms with Gasteiger partial charge in [0.2, 0.25) is 0 Å². The number of carbonyl (C=O) groups is 2. The van der Waals surface area contributed by atoms with E-state index in [4.69, 9.17) is 4.74 Å². The normalized spacial score (nSPS) is 11.2. The van der Waals surface area contributed by atoms with E-state index in [1.807, 2.05) is 45.9 Å². The number of carboxylic acids is 1. The maximum atomic E-state index is 13.8. The fourth-order valence-corrected chi connectivity index (χ4v) is 4.71. The molecule has 0 aliphatic rings. The molecule has 0 spiro atoms. The Morgan fingerprint density at radius 2 is 1.59 bits per heavy atom. The van der Waals surface area contributed by atoms with Gasteiger partial charge in [0.1, 0.15) is 23.6 Å². The van der Waals surface area contributed by atoms with Crippen LogP contribution in [-0.2, 0) is 11.3 Å². The van der Waals surface area contributed by atoms with Crippen LogP contribution >= 0.6 is 0 Å². The lowest BCUT2D eigenvalue weighted by molar-refractivity contribution is -0.137. The summed E-state index contributed by atoms with van der Waals surface area (Å²) in [6.45, 7) is 7.57. The van der Waals surface area contributed by atoms with Gasteiger partial charge in [-0.05, 0) is 52.8 Å². The minimum absolute atomic E-state index is 0.0596. The van der Waals surface area contributed by atoms with Gasteiger partial charge in [-0.15, -0.1) is 0 Å². The predicted molar refractivity (Wildman–Crippen MR) is 153 cm³/mol. The minimum atomic E-state index is -1.21. The van der Waals surface area contributed by atoms with E-state index in [0.717, 1.165) is 15.7 Å². The first-order chi connectivity index (χ1) is 18.6. The first-order valence-corrected chi connectivity index (χ1v) is 12.7. The molecule has 0 radical (unpaired) electrons. The number of para-hydroxylation sites is 1. The molecule has 2 amide bonds.